The zero-order chi connectivity index (χ0) is 16.5. The number of rotatable bonds is 3. The SMILES string of the molecule is CN(C)C1CCN(c2ccc(-c3n[nH]c4ccccc34)cc2)CC1. The summed E-state index contributed by atoms with van der Waals surface area (Å²) in [7, 11) is 4.37. The molecule has 124 valence electrons. The van der Waals surface area contributed by atoms with Gasteiger partial charge in [-0.1, -0.05) is 30.3 Å². The highest BCUT2D eigenvalue weighted by atomic mass is 15.2. The van der Waals surface area contributed by atoms with Crippen LogP contribution in [-0.4, -0.2) is 48.3 Å². The summed E-state index contributed by atoms with van der Waals surface area (Å²) in [4.78, 5) is 4.84. The molecule has 0 saturated carbocycles. The Hall–Kier alpha value is -2.33. The fourth-order valence-corrected chi connectivity index (χ4v) is 3.65. The number of nitrogens with one attached hydrogen (secondary N) is 1. The van der Waals surface area contributed by atoms with Gasteiger partial charge in [-0.25, -0.2) is 0 Å². The summed E-state index contributed by atoms with van der Waals surface area (Å²) in [5.74, 6) is 0. The fraction of sp³-hybridized carbons (Fsp3) is 0.350. The molecule has 0 atom stereocenters. The summed E-state index contributed by atoms with van der Waals surface area (Å²) in [6.45, 7) is 2.26. The van der Waals surface area contributed by atoms with Crippen LogP contribution in [0.5, 0.6) is 0 Å². The molecule has 1 aromatic heterocycles. The molecule has 0 unspecified atom stereocenters. The number of piperidine rings is 1. The number of anilines is 1. The Morgan fingerprint density at radius 2 is 1.71 bits per heavy atom. The lowest BCUT2D eigenvalue weighted by Crippen LogP contribution is -2.41. The minimum atomic E-state index is 0.718. The predicted octanol–water partition coefficient (Wildman–Crippen LogP) is 3.76. The van der Waals surface area contributed by atoms with Crippen molar-refractivity contribution in [1.82, 2.24) is 15.1 Å². The molecule has 4 heteroatoms. The molecular weight excluding hydrogens is 296 g/mol. The Morgan fingerprint density at radius 1 is 1.00 bits per heavy atom. The largest absolute Gasteiger partial charge is 0.371 e. The Kier molecular flexibility index (Phi) is 3.98. The maximum atomic E-state index is 4.49. The summed E-state index contributed by atoms with van der Waals surface area (Å²) >= 11 is 0. The van der Waals surface area contributed by atoms with E-state index in [0.717, 1.165) is 30.3 Å². The number of H-pyrrole nitrogens is 1. The molecule has 4 nitrogen and oxygen atoms in total. The number of hydrogen-bond donors (Lipinski definition) is 1. The number of para-hydroxylation sites is 1. The smallest absolute Gasteiger partial charge is 0.0999 e. The van der Waals surface area contributed by atoms with Gasteiger partial charge in [0.1, 0.15) is 0 Å². The van der Waals surface area contributed by atoms with Crippen molar-refractivity contribution in [2.24, 2.45) is 0 Å². The van der Waals surface area contributed by atoms with Crippen LogP contribution in [0, 0.1) is 0 Å². The second kappa shape index (κ2) is 6.29. The van der Waals surface area contributed by atoms with Crippen LogP contribution in [0.3, 0.4) is 0 Å². The zero-order valence-corrected chi connectivity index (χ0v) is 14.4. The third-order valence-corrected chi connectivity index (χ3v) is 5.17. The van der Waals surface area contributed by atoms with Crippen LogP contribution in [-0.2, 0) is 0 Å². The molecule has 24 heavy (non-hydrogen) atoms. The van der Waals surface area contributed by atoms with Crippen molar-refractivity contribution in [3.05, 3.63) is 48.5 Å². The maximum absolute atomic E-state index is 4.49. The van der Waals surface area contributed by atoms with E-state index in [0.29, 0.717) is 0 Å². The van der Waals surface area contributed by atoms with Gasteiger partial charge < -0.3 is 9.80 Å². The summed E-state index contributed by atoms with van der Waals surface area (Å²) in [5, 5.41) is 8.79. The average Bonchev–Trinajstić information content (AvgIpc) is 3.06. The van der Waals surface area contributed by atoms with Crippen molar-refractivity contribution in [2.45, 2.75) is 18.9 Å². The lowest BCUT2D eigenvalue weighted by Gasteiger charge is -2.36. The predicted molar refractivity (Wildman–Crippen MR) is 100 cm³/mol. The van der Waals surface area contributed by atoms with Crippen LogP contribution >= 0.6 is 0 Å². The van der Waals surface area contributed by atoms with E-state index in [1.54, 1.807) is 0 Å². The van der Waals surface area contributed by atoms with Crippen molar-refractivity contribution < 1.29 is 0 Å². The summed E-state index contributed by atoms with van der Waals surface area (Å²) in [6, 6.07) is 17.8. The van der Waals surface area contributed by atoms with Crippen LogP contribution in [0.2, 0.25) is 0 Å². The molecule has 1 saturated heterocycles. The first-order chi connectivity index (χ1) is 11.7. The van der Waals surface area contributed by atoms with Gasteiger partial charge in [0.25, 0.3) is 0 Å². The van der Waals surface area contributed by atoms with Crippen LogP contribution in [0.1, 0.15) is 12.8 Å². The van der Waals surface area contributed by atoms with Crippen LogP contribution in [0.15, 0.2) is 48.5 Å². The molecule has 4 rings (SSSR count). The Balaban J connectivity index is 1.53. The molecule has 1 aliphatic heterocycles. The Labute approximate surface area is 143 Å². The number of nitrogens with zero attached hydrogens (tertiary/aromatic N) is 3. The van der Waals surface area contributed by atoms with Gasteiger partial charge in [0.15, 0.2) is 0 Å². The van der Waals surface area contributed by atoms with Crippen LogP contribution in [0.25, 0.3) is 22.2 Å². The second-order valence-electron chi connectivity index (χ2n) is 6.85. The fourth-order valence-electron chi connectivity index (χ4n) is 3.65. The monoisotopic (exact) mass is 320 g/mol. The highest BCUT2D eigenvalue weighted by Crippen LogP contribution is 2.29. The lowest BCUT2D eigenvalue weighted by atomic mass is 10.0. The summed E-state index contributed by atoms with van der Waals surface area (Å²) in [6.07, 6.45) is 2.47. The van der Waals surface area contributed by atoms with Gasteiger partial charge in [-0.15, -0.1) is 0 Å². The molecule has 0 spiro atoms. The van der Waals surface area contributed by atoms with Gasteiger partial charge in [-0.3, -0.25) is 5.10 Å². The topological polar surface area (TPSA) is 35.2 Å². The summed E-state index contributed by atoms with van der Waals surface area (Å²) in [5.41, 5.74) is 4.60. The lowest BCUT2D eigenvalue weighted by molar-refractivity contribution is 0.249. The highest BCUT2D eigenvalue weighted by molar-refractivity contribution is 5.92. The molecular formula is C20H24N4. The number of fused-ring (bicyclic) bond motifs is 1. The van der Waals surface area contributed by atoms with E-state index in [4.69, 9.17) is 0 Å². The highest BCUT2D eigenvalue weighted by Gasteiger charge is 2.20. The minimum absolute atomic E-state index is 0.718. The zero-order valence-electron chi connectivity index (χ0n) is 14.4. The first-order valence-electron chi connectivity index (χ1n) is 8.67. The van der Waals surface area contributed by atoms with Gasteiger partial charge in [-0.05, 0) is 45.1 Å². The van der Waals surface area contributed by atoms with E-state index in [-0.39, 0.29) is 0 Å². The molecule has 0 aliphatic carbocycles. The quantitative estimate of drug-likeness (QED) is 0.798. The van der Waals surface area contributed by atoms with Gasteiger partial charge in [-0.2, -0.15) is 5.10 Å². The van der Waals surface area contributed by atoms with Gasteiger partial charge in [0.2, 0.25) is 0 Å². The number of hydrogen-bond acceptors (Lipinski definition) is 3. The van der Waals surface area contributed by atoms with Gasteiger partial charge in [0, 0.05) is 35.8 Å². The molecule has 1 N–H and O–H groups in total. The van der Waals surface area contributed by atoms with Crippen molar-refractivity contribution in [3.63, 3.8) is 0 Å². The first kappa shape index (κ1) is 15.2. The Bertz CT molecular complexity index is 811. The van der Waals surface area contributed by atoms with E-state index in [1.165, 1.54) is 29.5 Å². The summed E-state index contributed by atoms with van der Waals surface area (Å²) < 4.78 is 0. The van der Waals surface area contributed by atoms with E-state index < -0.39 is 0 Å². The van der Waals surface area contributed by atoms with Crippen LogP contribution in [0.4, 0.5) is 5.69 Å². The minimum Gasteiger partial charge on any atom is -0.371 e. The standard InChI is InChI=1S/C20H24N4/c1-23(2)16-11-13-24(14-12-16)17-9-7-15(8-10-17)20-18-5-3-4-6-19(18)21-22-20/h3-10,16H,11-14H2,1-2H3,(H,21,22). The molecule has 0 bridgehead atoms. The molecule has 2 aromatic carbocycles. The molecule has 0 amide bonds. The molecule has 0 radical (unpaired) electrons. The van der Waals surface area contributed by atoms with Crippen molar-refractivity contribution >= 4 is 16.6 Å². The van der Waals surface area contributed by atoms with Crippen molar-refractivity contribution in [1.29, 1.82) is 0 Å². The van der Waals surface area contributed by atoms with E-state index in [1.807, 2.05) is 6.07 Å². The van der Waals surface area contributed by atoms with E-state index in [9.17, 15) is 0 Å². The normalized spacial score (nSPS) is 16.2. The number of aromatic nitrogens is 2. The number of benzene rings is 2. The first-order valence-corrected chi connectivity index (χ1v) is 8.67. The van der Waals surface area contributed by atoms with Crippen molar-refractivity contribution in [2.75, 3.05) is 32.1 Å². The van der Waals surface area contributed by atoms with Gasteiger partial charge >= 0.3 is 0 Å². The Morgan fingerprint density at radius 3 is 2.42 bits per heavy atom. The second-order valence-corrected chi connectivity index (χ2v) is 6.85. The number of aromatic amines is 1. The maximum Gasteiger partial charge on any atom is 0.0999 e. The van der Waals surface area contributed by atoms with E-state index in [2.05, 4.69) is 76.6 Å². The third kappa shape index (κ3) is 2.78. The van der Waals surface area contributed by atoms with E-state index >= 15 is 0 Å². The van der Waals surface area contributed by atoms with Gasteiger partial charge in [0.05, 0.1) is 11.2 Å². The molecule has 2 heterocycles. The third-order valence-electron chi connectivity index (χ3n) is 5.17. The van der Waals surface area contributed by atoms with Crippen LogP contribution < -0.4 is 4.90 Å². The molecule has 1 aliphatic rings. The molecule has 3 aromatic rings. The average molecular weight is 320 g/mol. The molecule has 1 fully saturated rings. The van der Waals surface area contributed by atoms with Crippen molar-refractivity contribution in [3.8, 4) is 11.3 Å².